The Morgan fingerprint density at radius 2 is 1.95 bits per heavy atom. The summed E-state index contributed by atoms with van der Waals surface area (Å²) in [7, 11) is 1.62. The highest BCUT2D eigenvalue weighted by atomic mass is 16.5. The summed E-state index contributed by atoms with van der Waals surface area (Å²) >= 11 is 0. The molecule has 4 heteroatoms. The summed E-state index contributed by atoms with van der Waals surface area (Å²) in [6.07, 6.45) is 0.327. The maximum absolute atomic E-state index is 9.74. The number of hydrogen-bond donors (Lipinski definition) is 2. The van der Waals surface area contributed by atoms with Crippen molar-refractivity contribution < 1.29 is 19.7 Å². The Labute approximate surface area is 114 Å². The predicted molar refractivity (Wildman–Crippen MR) is 74.0 cm³/mol. The monoisotopic (exact) mass is 266 g/mol. The van der Waals surface area contributed by atoms with Crippen molar-refractivity contribution in [3.63, 3.8) is 0 Å². The van der Waals surface area contributed by atoms with Crippen molar-refractivity contribution in [2.24, 2.45) is 5.92 Å². The van der Waals surface area contributed by atoms with Crippen LogP contribution in [0.3, 0.4) is 0 Å². The molecule has 0 aromatic heterocycles. The molecule has 0 spiro atoms. The molecule has 1 rings (SSSR count). The van der Waals surface area contributed by atoms with Crippen LogP contribution < -0.4 is 4.74 Å². The lowest BCUT2D eigenvalue weighted by atomic mass is 10.00. The van der Waals surface area contributed by atoms with E-state index in [0.717, 1.165) is 11.3 Å². The van der Waals surface area contributed by atoms with E-state index >= 15 is 0 Å². The lowest BCUT2D eigenvalue weighted by Gasteiger charge is -2.25. The Kier molecular flexibility index (Phi) is 6.56. The molecule has 0 amide bonds. The van der Waals surface area contributed by atoms with Crippen LogP contribution in [0, 0.1) is 5.92 Å². The number of benzene rings is 1. The molecule has 0 aliphatic carbocycles. The zero-order valence-electron chi connectivity index (χ0n) is 11.5. The lowest BCUT2D eigenvalue weighted by Crippen LogP contribution is -2.36. The van der Waals surface area contributed by atoms with E-state index in [-0.39, 0.29) is 12.5 Å². The molecule has 1 aromatic rings. The van der Waals surface area contributed by atoms with E-state index in [4.69, 9.17) is 14.6 Å². The average Bonchev–Trinajstić information content (AvgIpc) is 2.47. The molecule has 0 saturated heterocycles. The van der Waals surface area contributed by atoms with Gasteiger partial charge in [0.25, 0.3) is 0 Å². The van der Waals surface area contributed by atoms with Gasteiger partial charge in [-0.1, -0.05) is 25.1 Å². The van der Waals surface area contributed by atoms with Gasteiger partial charge in [0, 0.05) is 5.92 Å². The van der Waals surface area contributed by atoms with Crippen molar-refractivity contribution in [1.82, 2.24) is 0 Å². The normalized spacial score (nSPS) is 15.6. The molecule has 19 heavy (non-hydrogen) atoms. The van der Waals surface area contributed by atoms with Crippen LogP contribution in [-0.4, -0.2) is 36.1 Å². The fourth-order valence-electron chi connectivity index (χ4n) is 1.77. The molecule has 0 heterocycles. The van der Waals surface area contributed by atoms with Crippen LogP contribution in [0.1, 0.15) is 12.5 Å². The van der Waals surface area contributed by atoms with E-state index in [1.807, 2.05) is 31.2 Å². The van der Waals surface area contributed by atoms with E-state index in [0.29, 0.717) is 6.61 Å². The first-order chi connectivity index (χ1) is 9.12. The molecule has 0 saturated carbocycles. The van der Waals surface area contributed by atoms with Gasteiger partial charge in [-0.2, -0.15) is 0 Å². The average molecular weight is 266 g/mol. The van der Waals surface area contributed by atoms with Gasteiger partial charge in [0.1, 0.15) is 11.9 Å². The Hall–Kier alpha value is -1.36. The van der Waals surface area contributed by atoms with Gasteiger partial charge in [-0.05, 0) is 17.7 Å². The topological polar surface area (TPSA) is 58.9 Å². The minimum atomic E-state index is -0.911. The maximum atomic E-state index is 9.74. The molecular weight excluding hydrogens is 244 g/mol. The molecular formula is C15H22O4. The highest BCUT2D eigenvalue weighted by Gasteiger charge is 2.23. The van der Waals surface area contributed by atoms with Crippen LogP contribution in [-0.2, 0) is 11.3 Å². The quantitative estimate of drug-likeness (QED) is 0.704. The molecule has 106 valence electrons. The molecule has 0 radical (unpaired) electrons. The Morgan fingerprint density at radius 3 is 2.42 bits per heavy atom. The first kappa shape index (κ1) is 15.7. The second-order valence-electron chi connectivity index (χ2n) is 4.47. The smallest absolute Gasteiger partial charge is 0.118 e. The standard InChI is InChI=1S/C15H22O4/c1-4-11(2)15(14(17)9-16)19-10-12-5-7-13(18-3)8-6-12/h4-8,11,14-17H,1,9-10H2,2-3H3/t11-,14+,15-/m0/s1. The maximum Gasteiger partial charge on any atom is 0.118 e. The first-order valence-electron chi connectivity index (χ1n) is 6.28. The number of methoxy groups -OCH3 is 1. The van der Waals surface area contributed by atoms with E-state index in [9.17, 15) is 5.11 Å². The van der Waals surface area contributed by atoms with E-state index in [1.54, 1.807) is 13.2 Å². The molecule has 0 aliphatic heterocycles. The SMILES string of the molecule is C=C[C@H](C)[C@H](OCc1ccc(OC)cc1)[C@H](O)CO. The van der Waals surface area contributed by atoms with Gasteiger partial charge in [0.05, 0.1) is 26.4 Å². The van der Waals surface area contributed by atoms with E-state index in [2.05, 4.69) is 6.58 Å². The zero-order chi connectivity index (χ0) is 14.3. The van der Waals surface area contributed by atoms with Crippen molar-refractivity contribution in [2.45, 2.75) is 25.7 Å². The molecule has 3 atom stereocenters. The zero-order valence-corrected chi connectivity index (χ0v) is 11.5. The van der Waals surface area contributed by atoms with Gasteiger partial charge in [0.15, 0.2) is 0 Å². The molecule has 0 unspecified atom stereocenters. The number of hydrogen-bond acceptors (Lipinski definition) is 4. The number of rotatable bonds is 8. The molecule has 1 aromatic carbocycles. The van der Waals surface area contributed by atoms with Crippen molar-refractivity contribution in [2.75, 3.05) is 13.7 Å². The third kappa shape index (κ3) is 4.67. The second-order valence-corrected chi connectivity index (χ2v) is 4.47. The van der Waals surface area contributed by atoms with Crippen LogP contribution in [0.15, 0.2) is 36.9 Å². The molecule has 0 aliphatic rings. The van der Waals surface area contributed by atoms with Crippen LogP contribution >= 0.6 is 0 Å². The Bertz CT molecular complexity index is 374. The lowest BCUT2D eigenvalue weighted by molar-refractivity contribution is -0.0806. The van der Waals surface area contributed by atoms with Crippen molar-refractivity contribution >= 4 is 0 Å². The minimum absolute atomic E-state index is 0.0413. The van der Waals surface area contributed by atoms with Crippen LogP contribution in [0.25, 0.3) is 0 Å². The molecule has 2 N–H and O–H groups in total. The van der Waals surface area contributed by atoms with Gasteiger partial charge >= 0.3 is 0 Å². The first-order valence-corrected chi connectivity index (χ1v) is 6.28. The van der Waals surface area contributed by atoms with Crippen molar-refractivity contribution in [1.29, 1.82) is 0 Å². The number of aliphatic hydroxyl groups excluding tert-OH is 2. The highest BCUT2D eigenvalue weighted by Crippen LogP contribution is 2.17. The van der Waals surface area contributed by atoms with Crippen LogP contribution in [0.4, 0.5) is 0 Å². The summed E-state index contributed by atoms with van der Waals surface area (Å²) in [6, 6.07) is 7.51. The Balaban J connectivity index is 2.61. The van der Waals surface area contributed by atoms with E-state index < -0.39 is 12.2 Å². The van der Waals surface area contributed by atoms with Crippen molar-refractivity contribution in [3.8, 4) is 5.75 Å². The molecule has 0 bridgehead atoms. The molecule has 4 nitrogen and oxygen atoms in total. The van der Waals surface area contributed by atoms with Gasteiger partial charge in [-0.25, -0.2) is 0 Å². The van der Waals surface area contributed by atoms with Gasteiger partial charge in [0.2, 0.25) is 0 Å². The predicted octanol–water partition coefficient (Wildman–Crippen LogP) is 1.76. The third-order valence-electron chi connectivity index (χ3n) is 3.06. The largest absolute Gasteiger partial charge is 0.497 e. The van der Waals surface area contributed by atoms with Crippen LogP contribution in [0.5, 0.6) is 5.75 Å². The summed E-state index contributed by atoms with van der Waals surface area (Å²) in [4.78, 5) is 0. The fraction of sp³-hybridized carbons (Fsp3) is 0.467. The summed E-state index contributed by atoms with van der Waals surface area (Å²) in [5, 5.41) is 18.8. The van der Waals surface area contributed by atoms with Gasteiger partial charge in [-0.15, -0.1) is 6.58 Å². The summed E-state index contributed by atoms with van der Waals surface area (Å²) in [5.74, 6) is 0.746. The van der Waals surface area contributed by atoms with Crippen LogP contribution in [0.2, 0.25) is 0 Å². The summed E-state index contributed by atoms with van der Waals surface area (Å²) in [6.45, 7) is 5.62. The highest BCUT2D eigenvalue weighted by molar-refractivity contribution is 5.26. The number of aliphatic hydroxyl groups is 2. The summed E-state index contributed by atoms with van der Waals surface area (Å²) < 4.78 is 10.8. The Morgan fingerprint density at radius 1 is 1.32 bits per heavy atom. The fourth-order valence-corrected chi connectivity index (χ4v) is 1.77. The van der Waals surface area contributed by atoms with Crippen molar-refractivity contribution in [3.05, 3.63) is 42.5 Å². The van der Waals surface area contributed by atoms with Gasteiger partial charge in [-0.3, -0.25) is 0 Å². The summed E-state index contributed by atoms with van der Waals surface area (Å²) in [5.41, 5.74) is 0.979. The second kappa shape index (κ2) is 7.94. The molecule has 0 fully saturated rings. The third-order valence-corrected chi connectivity index (χ3v) is 3.06. The van der Waals surface area contributed by atoms with Gasteiger partial charge < -0.3 is 19.7 Å². The van der Waals surface area contributed by atoms with E-state index in [1.165, 1.54) is 0 Å². The minimum Gasteiger partial charge on any atom is -0.497 e. The number of ether oxygens (including phenoxy) is 2.